The summed E-state index contributed by atoms with van der Waals surface area (Å²) in [6.45, 7) is 0. The number of anilines is 3. The number of rotatable bonds is 7. The van der Waals surface area contributed by atoms with Gasteiger partial charge in [-0.3, -0.25) is 0 Å². The van der Waals surface area contributed by atoms with Crippen LogP contribution in [0.2, 0.25) is 0 Å². The Hall–Kier alpha value is -6.12. The predicted octanol–water partition coefficient (Wildman–Crippen LogP) is 12.6. The van der Waals surface area contributed by atoms with Crippen LogP contribution in [0.4, 0.5) is 17.1 Å². The van der Waals surface area contributed by atoms with Gasteiger partial charge in [-0.15, -0.1) is 0 Å². The Balaban J connectivity index is 1.19. The number of hydrogen-bond donors (Lipinski definition) is 0. The van der Waals surface area contributed by atoms with Crippen molar-refractivity contribution in [3.8, 4) is 44.7 Å². The molecule has 0 amide bonds. The summed E-state index contributed by atoms with van der Waals surface area (Å²) in [7, 11) is 0. The van der Waals surface area contributed by atoms with Gasteiger partial charge in [-0.2, -0.15) is 0 Å². The maximum absolute atomic E-state index is 6.23. The summed E-state index contributed by atoms with van der Waals surface area (Å²) in [5.74, 6) is 0.860. The van der Waals surface area contributed by atoms with Gasteiger partial charge in [0.05, 0.1) is 0 Å². The molecule has 2 heteroatoms. The van der Waals surface area contributed by atoms with E-state index in [1.54, 1.807) is 0 Å². The molecule has 0 N–H and O–H groups in total. The zero-order chi connectivity index (χ0) is 30.7. The number of fused-ring (bicyclic) bond motifs is 1. The van der Waals surface area contributed by atoms with E-state index in [2.05, 4.69) is 175 Å². The molecule has 0 unspecified atom stereocenters. The molecular formula is C44H31NO. The Labute approximate surface area is 269 Å². The number of para-hydroxylation sites is 2. The summed E-state index contributed by atoms with van der Waals surface area (Å²) in [5.41, 5.74) is 12.4. The summed E-state index contributed by atoms with van der Waals surface area (Å²) >= 11 is 0. The van der Waals surface area contributed by atoms with Crippen molar-refractivity contribution in [3.05, 3.63) is 188 Å². The minimum Gasteiger partial charge on any atom is -0.456 e. The fourth-order valence-corrected chi connectivity index (χ4v) is 6.29. The lowest BCUT2D eigenvalue weighted by molar-refractivity contribution is 0.631. The highest BCUT2D eigenvalue weighted by Crippen LogP contribution is 2.41. The second kappa shape index (κ2) is 12.1. The molecule has 0 bridgehead atoms. The largest absolute Gasteiger partial charge is 0.456 e. The Morgan fingerprint density at radius 3 is 1.50 bits per heavy atom. The fraction of sp³-hybridized carbons (Fsp3) is 0. The summed E-state index contributed by atoms with van der Waals surface area (Å²) in [6, 6.07) is 66.2. The van der Waals surface area contributed by atoms with Crippen LogP contribution in [0.3, 0.4) is 0 Å². The Kier molecular flexibility index (Phi) is 7.22. The molecule has 1 heterocycles. The van der Waals surface area contributed by atoms with E-state index in [1.807, 2.05) is 18.2 Å². The molecule has 7 aromatic carbocycles. The maximum Gasteiger partial charge on any atom is 0.135 e. The van der Waals surface area contributed by atoms with Gasteiger partial charge in [0.1, 0.15) is 11.3 Å². The zero-order valence-electron chi connectivity index (χ0n) is 25.3. The van der Waals surface area contributed by atoms with E-state index >= 15 is 0 Å². The standard InChI is InChI=1S/C44H31NO/c1-3-14-32(15-4-1)39-21-8-10-23-41(39)42-24-11-9-22-40(42)33-26-28-37(29-27-33)45(36-18-5-2-6-19-36)38-20-13-17-34(30-38)44-31-35-16-7-12-25-43(35)46-44/h1-31H. The molecule has 0 radical (unpaired) electrons. The molecule has 46 heavy (non-hydrogen) atoms. The lowest BCUT2D eigenvalue weighted by Gasteiger charge is -2.26. The SMILES string of the molecule is c1ccc(-c2ccccc2-c2ccccc2-c2ccc(N(c3ccccc3)c3cccc(-c4cc5ccccc5o4)c3)cc2)cc1. The second-order valence-electron chi connectivity index (χ2n) is 11.4. The number of furan rings is 1. The average molecular weight is 590 g/mol. The van der Waals surface area contributed by atoms with E-state index < -0.39 is 0 Å². The van der Waals surface area contributed by atoms with Gasteiger partial charge >= 0.3 is 0 Å². The smallest absolute Gasteiger partial charge is 0.135 e. The molecule has 8 rings (SSSR count). The van der Waals surface area contributed by atoms with E-state index in [1.165, 1.54) is 33.4 Å². The first-order valence-electron chi connectivity index (χ1n) is 15.6. The van der Waals surface area contributed by atoms with Crippen LogP contribution < -0.4 is 4.90 Å². The van der Waals surface area contributed by atoms with Crippen molar-refractivity contribution in [1.82, 2.24) is 0 Å². The van der Waals surface area contributed by atoms with Gasteiger partial charge in [0.2, 0.25) is 0 Å². The molecular weight excluding hydrogens is 558 g/mol. The van der Waals surface area contributed by atoms with Gasteiger partial charge in [-0.05, 0) is 81.9 Å². The summed E-state index contributed by atoms with van der Waals surface area (Å²) in [5, 5.41) is 1.10. The summed E-state index contributed by atoms with van der Waals surface area (Å²) < 4.78 is 6.23. The lowest BCUT2D eigenvalue weighted by atomic mass is 9.89. The van der Waals surface area contributed by atoms with Crippen LogP contribution >= 0.6 is 0 Å². The first-order valence-corrected chi connectivity index (χ1v) is 15.6. The Morgan fingerprint density at radius 2 is 0.826 bits per heavy atom. The van der Waals surface area contributed by atoms with Crippen molar-refractivity contribution < 1.29 is 4.42 Å². The summed E-state index contributed by atoms with van der Waals surface area (Å²) in [6.07, 6.45) is 0. The highest BCUT2D eigenvalue weighted by Gasteiger charge is 2.16. The Bertz CT molecular complexity index is 2220. The minimum atomic E-state index is 0.860. The van der Waals surface area contributed by atoms with Crippen molar-refractivity contribution in [2.24, 2.45) is 0 Å². The third-order valence-corrected chi connectivity index (χ3v) is 8.49. The van der Waals surface area contributed by atoms with Crippen LogP contribution in [0.15, 0.2) is 192 Å². The van der Waals surface area contributed by atoms with Crippen LogP contribution in [0.25, 0.3) is 55.7 Å². The molecule has 0 atom stereocenters. The number of nitrogens with zero attached hydrogens (tertiary/aromatic N) is 1. The third-order valence-electron chi connectivity index (χ3n) is 8.49. The van der Waals surface area contributed by atoms with Gasteiger partial charge in [-0.25, -0.2) is 0 Å². The van der Waals surface area contributed by atoms with Crippen molar-refractivity contribution in [2.75, 3.05) is 4.90 Å². The number of benzene rings is 7. The number of hydrogen-bond acceptors (Lipinski definition) is 2. The fourth-order valence-electron chi connectivity index (χ4n) is 6.29. The van der Waals surface area contributed by atoms with Crippen LogP contribution in [-0.2, 0) is 0 Å². The molecule has 8 aromatic rings. The molecule has 0 saturated carbocycles. The van der Waals surface area contributed by atoms with E-state index in [0.717, 1.165) is 39.4 Å². The third kappa shape index (κ3) is 5.27. The molecule has 2 nitrogen and oxygen atoms in total. The van der Waals surface area contributed by atoms with Crippen molar-refractivity contribution in [1.29, 1.82) is 0 Å². The van der Waals surface area contributed by atoms with Crippen molar-refractivity contribution >= 4 is 28.0 Å². The van der Waals surface area contributed by atoms with Gasteiger partial charge in [0.25, 0.3) is 0 Å². The lowest BCUT2D eigenvalue weighted by Crippen LogP contribution is -2.09. The zero-order valence-corrected chi connectivity index (χ0v) is 25.3. The first kappa shape index (κ1) is 27.4. The van der Waals surface area contributed by atoms with Crippen molar-refractivity contribution in [3.63, 3.8) is 0 Å². The molecule has 0 aliphatic rings. The van der Waals surface area contributed by atoms with Crippen LogP contribution in [0.1, 0.15) is 0 Å². The molecule has 0 aliphatic heterocycles. The van der Waals surface area contributed by atoms with Gasteiger partial charge < -0.3 is 9.32 Å². The van der Waals surface area contributed by atoms with Crippen LogP contribution in [-0.4, -0.2) is 0 Å². The molecule has 218 valence electrons. The topological polar surface area (TPSA) is 16.4 Å². The highest BCUT2D eigenvalue weighted by atomic mass is 16.3. The Morgan fingerprint density at radius 1 is 0.326 bits per heavy atom. The maximum atomic E-state index is 6.23. The monoisotopic (exact) mass is 589 g/mol. The predicted molar refractivity (Wildman–Crippen MR) is 193 cm³/mol. The van der Waals surface area contributed by atoms with Gasteiger partial charge in [0, 0.05) is 28.0 Å². The molecule has 1 aromatic heterocycles. The molecule has 0 aliphatic carbocycles. The highest BCUT2D eigenvalue weighted by molar-refractivity contribution is 5.92. The second-order valence-corrected chi connectivity index (χ2v) is 11.4. The summed E-state index contributed by atoms with van der Waals surface area (Å²) in [4.78, 5) is 2.30. The normalized spacial score (nSPS) is 11.0. The van der Waals surface area contributed by atoms with E-state index in [9.17, 15) is 0 Å². The minimum absolute atomic E-state index is 0.860. The van der Waals surface area contributed by atoms with E-state index in [0.29, 0.717) is 0 Å². The molecule has 0 saturated heterocycles. The van der Waals surface area contributed by atoms with Crippen molar-refractivity contribution in [2.45, 2.75) is 0 Å². The van der Waals surface area contributed by atoms with E-state index in [4.69, 9.17) is 4.42 Å². The molecule has 0 fully saturated rings. The van der Waals surface area contributed by atoms with Gasteiger partial charge in [-0.1, -0.05) is 140 Å². The average Bonchev–Trinajstić information content (AvgIpc) is 3.58. The quantitative estimate of drug-likeness (QED) is 0.184. The first-order chi connectivity index (χ1) is 22.8. The van der Waals surface area contributed by atoms with E-state index in [-0.39, 0.29) is 0 Å². The molecule has 0 spiro atoms. The van der Waals surface area contributed by atoms with Crippen LogP contribution in [0.5, 0.6) is 0 Å². The van der Waals surface area contributed by atoms with Gasteiger partial charge in [0.15, 0.2) is 0 Å². The van der Waals surface area contributed by atoms with Crippen LogP contribution in [0, 0.1) is 0 Å².